The fraction of sp³-hybridized carbons (Fsp3) is 0. The minimum Gasteiger partial charge on any atom is -0.280 e. The standard InChI is InChI=1S/C12H8Cl3NO2S/c13-8-2-1-3-10(6-8)16-19(17,18)12-5-4-9(14)7-11(12)15/h1-7,16H. The lowest BCUT2D eigenvalue weighted by molar-refractivity contribution is 0.601. The van der Waals surface area contributed by atoms with Crippen molar-refractivity contribution >= 4 is 50.5 Å². The Morgan fingerprint density at radius 1 is 0.895 bits per heavy atom. The van der Waals surface area contributed by atoms with Gasteiger partial charge >= 0.3 is 0 Å². The summed E-state index contributed by atoms with van der Waals surface area (Å²) >= 11 is 17.4. The summed E-state index contributed by atoms with van der Waals surface area (Å²) < 4.78 is 26.7. The van der Waals surface area contributed by atoms with Crippen LogP contribution < -0.4 is 4.72 Å². The molecule has 0 saturated carbocycles. The van der Waals surface area contributed by atoms with Crippen LogP contribution in [-0.2, 0) is 10.0 Å². The molecule has 0 atom stereocenters. The van der Waals surface area contributed by atoms with Crippen molar-refractivity contribution in [2.45, 2.75) is 4.90 Å². The minimum absolute atomic E-state index is 0.0430. The van der Waals surface area contributed by atoms with Crippen molar-refractivity contribution in [3.05, 3.63) is 57.5 Å². The Hall–Kier alpha value is -0.940. The van der Waals surface area contributed by atoms with Gasteiger partial charge in [-0.05, 0) is 36.4 Å². The van der Waals surface area contributed by atoms with Crippen LogP contribution in [0.4, 0.5) is 5.69 Å². The van der Waals surface area contributed by atoms with Gasteiger partial charge in [-0.3, -0.25) is 4.72 Å². The van der Waals surface area contributed by atoms with Crippen LogP contribution in [0.3, 0.4) is 0 Å². The third-order valence-electron chi connectivity index (χ3n) is 2.26. The SMILES string of the molecule is O=S(=O)(Nc1cccc(Cl)c1)c1ccc(Cl)cc1Cl. The molecule has 7 heteroatoms. The summed E-state index contributed by atoms with van der Waals surface area (Å²) in [7, 11) is -3.78. The quantitative estimate of drug-likeness (QED) is 0.900. The van der Waals surface area contributed by atoms with E-state index in [1.165, 1.54) is 24.3 Å². The molecule has 0 unspecified atom stereocenters. The van der Waals surface area contributed by atoms with Gasteiger partial charge in [-0.1, -0.05) is 40.9 Å². The second-order valence-corrected chi connectivity index (χ2v) is 6.62. The van der Waals surface area contributed by atoms with Gasteiger partial charge in [-0.2, -0.15) is 0 Å². The summed E-state index contributed by atoms with van der Waals surface area (Å²) in [4.78, 5) is -0.0430. The van der Waals surface area contributed by atoms with Gasteiger partial charge in [-0.25, -0.2) is 8.42 Å². The predicted octanol–water partition coefficient (Wildman–Crippen LogP) is 4.45. The van der Waals surface area contributed by atoms with Crippen molar-refractivity contribution in [1.82, 2.24) is 0 Å². The van der Waals surface area contributed by atoms with Crippen molar-refractivity contribution in [2.75, 3.05) is 4.72 Å². The molecule has 0 fully saturated rings. The normalized spacial score (nSPS) is 11.3. The van der Waals surface area contributed by atoms with Crippen LogP contribution in [0.1, 0.15) is 0 Å². The van der Waals surface area contributed by atoms with Crippen molar-refractivity contribution in [3.8, 4) is 0 Å². The Labute approximate surface area is 126 Å². The Kier molecular flexibility index (Phi) is 4.26. The van der Waals surface area contributed by atoms with Gasteiger partial charge in [0.25, 0.3) is 10.0 Å². The number of anilines is 1. The van der Waals surface area contributed by atoms with Crippen LogP contribution in [0.2, 0.25) is 15.1 Å². The molecule has 3 nitrogen and oxygen atoms in total. The molecule has 100 valence electrons. The fourth-order valence-electron chi connectivity index (χ4n) is 1.46. The largest absolute Gasteiger partial charge is 0.280 e. The van der Waals surface area contributed by atoms with Crippen molar-refractivity contribution in [3.63, 3.8) is 0 Å². The van der Waals surface area contributed by atoms with E-state index in [4.69, 9.17) is 34.8 Å². The second-order valence-electron chi connectivity index (χ2n) is 3.69. The molecule has 0 bridgehead atoms. The lowest BCUT2D eigenvalue weighted by atomic mass is 10.3. The summed E-state index contributed by atoms with van der Waals surface area (Å²) in [5.74, 6) is 0. The molecule has 0 spiro atoms. The molecule has 2 aromatic rings. The summed E-state index contributed by atoms with van der Waals surface area (Å²) in [6.07, 6.45) is 0. The smallest absolute Gasteiger partial charge is 0.263 e. The molecule has 0 heterocycles. The van der Waals surface area contributed by atoms with Crippen LogP contribution in [0.15, 0.2) is 47.4 Å². The zero-order chi connectivity index (χ0) is 14.0. The number of rotatable bonds is 3. The van der Waals surface area contributed by atoms with E-state index in [1.807, 2.05) is 0 Å². The topological polar surface area (TPSA) is 46.2 Å². The molecule has 19 heavy (non-hydrogen) atoms. The van der Waals surface area contributed by atoms with Crippen LogP contribution in [0.25, 0.3) is 0 Å². The Morgan fingerprint density at radius 2 is 1.58 bits per heavy atom. The van der Waals surface area contributed by atoms with Gasteiger partial charge in [0, 0.05) is 10.0 Å². The molecular weight excluding hydrogens is 329 g/mol. The van der Waals surface area contributed by atoms with Crippen molar-refractivity contribution in [1.29, 1.82) is 0 Å². The first-order valence-electron chi connectivity index (χ1n) is 5.12. The van der Waals surface area contributed by atoms with E-state index in [9.17, 15) is 8.42 Å². The molecule has 1 N–H and O–H groups in total. The average molecular weight is 337 g/mol. The highest BCUT2D eigenvalue weighted by Gasteiger charge is 2.18. The first-order valence-corrected chi connectivity index (χ1v) is 7.73. The van der Waals surface area contributed by atoms with E-state index < -0.39 is 10.0 Å². The van der Waals surface area contributed by atoms with Crippen LogP contribution in [0.5, 0.6) is 0 Å². The van der Waals surface area contributed by atoms with Gasteiger partial charge in [0.1, 0.15) is 4.90 Å². The zero-order valence-corrected chi connectivity index (χ0v) is 12.5. The van der Waals surface area contributed by atoms with Gasteiger partial charge < -0.3 is 0 Å². The average Bonchev–Trinajstić information content (AvgIpc) is 2.27. The van der Waals surface area contributed by atoms with E-state index in [2.05, 4.69) is 4.72 Å². The number of nitrogens with one attached hydrogen (secondary N) is 1. The first kappa shape index (κ1) is 14.5. The zero-order valence-electron chi connectivity index (χ0n) is 9.40. The highest BCUT2D eigenvalue weighted by Crippen LogP contribution is 2.27. The lowest BCUT2D eigenvalue weighted by Crippen LogP contribution is -2.13. The van der Waals surface area contributed by atoms with E-state index >= 15 is 0 Å². The van der Waals surface area contributed by atoms with Gasteiger partial charge in [0.15, 0.2) is 0 Å². The third-order valence-corrected chi connectivity index (χ3v) is 4.59. The monoisotopic (exact) mass is 335 g/mol. The molecule has 0 aliphatic heterocycles. The molecular formula is C12H8Cl3NO2S. The number of sulfonamides is 1. The van der Waals surface area contributed by atoms with Crippen molar-refractivity contribution in [2.24, 2.45) is 0 Å². The highest BCUT2D eigenvalue weighted by molar-refractivity contribution is 7.92. The fourth-order valence-corrected chi connectivity index (χ4v) is 3.47. The van der Waals surface area contributed by atoms with E-state index in [0.717, 1.165) is 0 Å². The number of hydrogen-bond acceptors (Lipinski definition) is 2. The molecule has 0 radical (unpaired) electrons. The maximum Gasteiger partial charge on any atom is 0.263 e. The van der Waals surface area contributed by atoms with E-state index in [0.29, 0.717) is 15.7 Å². The van der Waals surface area contributed by atoms with Crippen LogP contribution in [-0.4, -0.2) is 8.42 Å². The summed E-state index contributed by atoms with van der Waals surface area (Å²) in [5.41, 5.74) is 0.360. The summed E-state index contributed by atoms with van der Waals surface area (Å²) in [6, 6.07) is 10.6. The molecule has 0 saturated heterocycles. The van der Waals surface area contributed by atoms with Crippen LogP contribution >= 0.6 is 34.8 Å². The van der Waals surface area contributed by atoms with Gasteiger partial charge in [0.05, 0.1) is 10.7 Å². The van der Waals surface area contributed by atoms with Crippen LogP contribution in [0, 0.1) is 0 Å². The highest BCUT2D eigenvalue weighted by atomic mass is 35.5. The molecule has 0 amide bonds. The number of benzene rings is 2. The summed E-state index contributed by atoms with van der Waals surface area (Å²) in [5, 5.41) is 0.858. The number of hydrogen-bond donors (Lipinski definition) is 1. The molecule has 2 rings (SSSR count). The number of halogens is 3. The summed E-state index contributed by atoms with van der Waals surface area (Å²) in [6.45, 7) is 0. The second kappa shape index (κ2) is 5.59. The molecule has 0 aliphatic rings. The Balaban J connectivity index is 2.38. The predicted molar refractivity (Wildman–Crippen MR) is 78.7 cm³/mol. The van der Waals surface area contributed by atoms with Gasteiger partial charge in [-0.15, -0.1) is 0 Å². The van der Waals surface area contributed by atoms with Gasteiger partial charge in [0.2, 0.25) is 0 Å². The minimum atomic E-state index is -3.78. The Morgan fingerprint density at radius 3 is 2.21 bits per heavy atom. The Bertz CT molecular complexity index is 717. The first-order chi connectivity index (χ1) is 8.88. The lowest BCUT2D eigenvalue weighted by Gasteiger charge is -2.09. The molecule has 0 aromatic heterocycles. The third kappa shape index (κ3) is 3.54. The van der Waals surface area contributed by atoms with Crippen molar-refractivity contribution < 1.29 is 8.42 Å². The maximum atomic E-state index is 12.2. The van der Waals surface area contributed by atoms with E-state index in [1.54, 1.807) is 18.2 Å². The molecule has 0 aliphatic carbocycles. The van der Waals surface area contributed by atoms with E-state index in [-0.39, 0.29) is 9.92 Å². The maximum absolute atomic E-state index is 12.2. The molecule has 2 aromatic carbocycles.